The van der Waals surface area contributed by atoms with Crippen LogP contribution in [0.3, 0.4) is 0 Å². The first kappa shape index (κ1) is 27.8. The lowest BCUT2D eigenvalue weighted by molar-refractivity contribution is -0.740. The third-order valence-electron chi connectivity index (χ3n) is 4.20. The number of nitrogens with two attached hydrogens (primary N) is 1. The molecule has 6 atom stereocenters. The summed E-state index contributed by atoms with van der Waals surface area (Å²) in [4.78, 5) is 47.3. The minimum Gasteiger partial charge on any atom is -0.368 e. The topological polar surface area (TPSA) is 250 Å². The Balaban J connectivity index is 1.74. The Kier molecular flexibility index (Phi) is 8.76. The molecule has 3 unspecified atom stereocenters. The highest BCUT2D eigenvalue weighted by atomic mass is 32.8. The van der Waals surface area contributed by atoms with Crippen LogP contribution in [0.1, 0.15) is 12.6 Å². The van der Waals surface area contributed by atoms with Crippen LogP contribution in [0.15, 0.2) is 12.7 Å². The van der Waals surface area contributed by atoms with Gasteiger partial charge < -0.3 is 39.8 Å². The van der Waals surface area contributed by atoms with Gasteiger partial charge in [0, 0.05) is 6.42 Å². The Hall–Kier alpha value is -0.750. The summed E-state index contributed by atoms with van der Waals surface area (Å²) in [5.41, 5.74) is 6.70. The van der Waals surface area contributed by atoms with E-state index in [1.54, 1.807) is 10.8 Å². The third-order valence-corrected chi connectivity index (χ3v) is 8.76. The Morgan fingerprint density at radius 1 is 1.26 bits per heavy atom. The summed E-state index contributed by atoms with van der Waals surface area (Å²) in [6.45, 7) is -0.674. The van der Waals surface area contributed by atoms with Crippen LogP contribution in [0, 0.1) is 0 Å². The lowest BCUT2D eigenvalue weighted by Gasteiger charge is -2.21. The van der Waals surface area contributed by atoms with Crippen LogP contribution < -0.4 is 10.3 Å². The van der Waals surface area contributed by atoms with Crippen molar-refractivity contribution in [2.24, 2.45) is 0 Å². The van der Waals surface area contributed by atoms with E-state index in [1.807, 2.05) is 0 Å². The van der Waals surface area contributed by atoms with Gasteiger partial charge in [-0.25, -0.2) is 18.3 Å². The lowest BCUT2D eigenvalue weighted by atomic mass is 10.2. The first-order chi connectivity index (χ1) is 15.7. The van der Waals surface area contributed by atoms with Crippen LogP contribution in [0.4, 0.5) is 5.82 Å². The number of fused-ring (bicyclic) bond motifs is 1. The summed E-state index contributed by atoms with van der Waals surface area (Å²) >= 11 is 5.11. The number of imidazole rings is 1. The number of anilines is 1. The predicted octanol–water partition coefficient (Wildman–Crippen LogP) is -0.489. The van der Waals surface area contributed by atoms with Crippen molar-refractivity contribution in [2.75, 3.05) is 24.5 Å². The van der Waals surface area contributed by atoms with Crippen LogP contribution in [0.5, 0.6) is 0 Å². The summed E-state index contributed by atoms with van der Waals surface area (Å²) in [5, 5.41) is 0. The fourth-order valence-electron chi connectivity index (χ4n) is 2.98. The van der Waals surface area contributed by atoms with Gasteiger partial charge in [-0.3, -0.25) is 4.52 Å². The van der Waals surface area contributed by atoms with E-state index in [9.17, 15) is 23.5 Å². The molecule has 0 radical (unpaired) electrons. The number of hydrogen-bond acceptors (Lipinski definition) is 12. The van der Waals surface area contributed by atoms with Crippen molar-refractivity contribution in [3.8, 4) is 0 Å². The van der Waals surface area contributed by atoms with Crippen molar-refractivity contribution in [3.63, 3.8) is 0 Å². The van der Waals surface area contributed by atoms with E-state index >= 15 is 0 Å². The maximum absolute atomic E-state index is 12.1. The van der Waals surface area contributed by atoms with Crippen molar-refractivity contribution in [3.05, 3.63) is 12.7 Å². The largest absolute Gasteiger partial charge is 0.490 e. The van der Waals surface area contributed by atoms with Gasteiger partial charge in [-0.1, -0.05) is 19.4 Å². The van der Waals surface area contributed by atoms with E-state index in [-0.39, 0.29) is 18.2 Å². The fraction of sp³-hybridized carbons (Fsp3) is 0.583. The summed E-state index contributed by atoms with van der Waals surface area (Å²) in [6, 6.07) is 0. The molecule has 0 spiro atoms. The van der Waals surface area contributed by atoms with Gasteiger partial charge in [-0.05, 0) is 17.4 Å². The van der Waals surface area contributed by atoms with Gasteiger partial charge in [0.15, 0.2) is 18.1 Å². The van der Waals surface area contributed by atoms with E-state index in [0.29, 0.717) is 11.2 Å². The molecular formula is C12H21N5O12P3S2+. The normalized spacial score (nSPS) is 25.7. The molecular weight excluding hydrogens is 563 g/mol. The second kappa shape index (κ2) is 10.7. The number of nitrogens with zero attached hydrogens (tertiary/aromatic N) is 3. The summed E-state index contributed by atoms with van der Waals surface area (Å²) in [5.74, 6) is 0.379. The number of phosphoric ester groups is 1. The SMILES string of the molecule is CS(=S)CO[C@@H]1C[C@H]([n+]2cnc(N)c3[nH]cnc32)O[C@@H]1COP(=O)(O)OP(=O)(O)OP(=O)(O)O. The first-order valence-electron chi connectivity index (χ1n) is 9.00. The van der Waals surface area contributed by atoms with Crippen molar-refractivity contribution >= 4 is 61.1 Å². The van der Waals surface area contributed by atoms with Crippen LogP contribution in [0.2, 0.25) is 0 Å². The second-order valence-corrected chi connectivity index (χ2v) is 14.3. The van der Waals surface area contributed by atoms with E-state index in [0.717, 1.165) is 0 Å². The first-order valence-corrected chi connectivity index (χ1v) is 16.2. The summed E-state index contributed by atoms with van der Waals surface area (Å²) < 4.78 is 59.6. The summed E-state index contributed by atoms with van der Waals surface area (Å²) in [6.07, 6.45) is 2.37. The zero-order valence-corrected chi connectivity index (χ0v) is 21.5. The second-order valence-electron chi connectivity index (χ2n) is 6.79. The molecule has 34 heavy (non-hydrogen) atoms. The lowest BCUT2D eigenvalue weighted by Crippen LogP contribution is -2.41. The van der Waals surface area contributed by atoms with Crippen molar-refractivity contribution in [1.82, 2.24) is 15.0 Å². The zero-order valence-electron chi connectivity index (χ0n) is 17.1. The molecule has 17 nitrogen and oxygen atoms in total. The highest BCUT2D eigenvalue weighted by Crippen LogP contribution is 2.66. The van der Waals surface area contributed by atoms with Crippen molar-refractivity contribution in [2.45, 2.75) is 24.9 Å². The van der Waals surface area contributed by atoms with Gasteiger partial charge >= 0.3 is 23.5 Å². The Bertz CT molecular complexity index is 1210. The van der Waals surface area contributed by atoms with Gasteiger partial charge in [0.05, 0.1) is 18.6 Å². The smallest absolute Gasteiger partial charge is 0.368 e. The molecule has 1 aliphatic heterocycles. The quantitative estimate of drug-likeness (QED) is 0.144. The van der Waals surface area contributed by atoms with E-state index in [2.05, 4.69) is 23.6 Å². The number of phosphoric acid groups is 3. The molecule has 192 valence electrons. The van der Waals surface area contributed by atoms with Gasteiger partial charge in [0.1, 0.15) is 6.10 Å². The number of nitrogen functional groups attached to an aromatic ring is 1. The van der Waals surface area contributed by atoms with E-state index in [4.69, 9.17) is 40.7 Å². The molecule has 0 saturated carbocycles. The molecule has 0 amide bonds. The zero-order chi connectivity index (χ0) is 25.3. The van der Waals surface area contributed by atoms with Gasteiger partial charge in [-0.2, -0.15) is 8.62 Å². The average Bonchev–Trinajstić information content (AvgIpc) is 3.30. The molecule has 3 heterocycles. The Morgan fingerprint density at radius 2 is 1.97 bits per heavy atom. The Morgan fingerprint density at radius 3 is 2.62 bits per heavy atom. The Labute approximate surface area is 198 Å². The number of hydrogen-bond donors (Lipinski definition) is 6. The molecule has 1 saturated heterocycles. The van der Waals surface area contributed by atoms with Crippen molar-refractivity contribution in [1.29, 1.82) is 0 Å². The van der Waals surface area contributed by atoms with Crippen LogP contribution in [-0.4, -0.2) is 65.5 Å². The van der Waals surface area contributed by atoms with Crippen LogP contribution >= 0.6 is 23.5 Å². The number of H-pyrrole nitrogens is 1. The predicted molar refractivity (Wildman–Crippen MR) is 117 cm³/mol. The van der Waals surface area contributed by atoms with Crippen LogP contribution in [-0.2, 0) is 57.0 Å². The molecule has 1 fully saturated rings. The van der Waals surface area contributed by atoms with E-state index < -0.39 is 58.0 Å². The number of rotatable bonds is 11. The van der Waals surface area contributed by atoms with Crippen molar-refractivity contribution < 1.29 is 60.5 Å². The van der Waals surface area contributed by atoms with Crippen LogP contribution in [0.25, 0.3) is 11.2 Å². The number of aromatic nitrogens is 4. The molecule has 22 heteroatoms. The number of nitrogens with one attached hydrogen (secondary N) is 1. The standard InChI is InChI=1S/C12H20N5O12P3S2/c1-34(33)6-25-7-2-9(17-5-16-11(13)10-12(17)15-4-14-10)27-8(7)3-26-31(21,22)29-32(23,24)28-30(18,19)20/h4-5,7-9H,2-3,6H2,1H3,(H6,13,14,15,18,19,20,21,22,23,24)/p+1/t7-,8-,9-,34?/m1/s1. The maximum atomic E-state index is 12.1. The molecule has 0 aromatic carbocycles. The monoisotopic (exact) mass is 584 g/mol. The highest BCUT2D eigenvalue weighted by Gasteiger charge is 2.44. The third kappa shape index (κ3) is 7.62. The van der Waals surface area contributed by atoms with E-state index in [1.165, 1.54) is 12.7 Å². The minimum absolute atomic E-state index is 0.171. The maximum Gasteiger partial charge on any atom is 0.490 e. The molecule has 2 aromatic rings. The molecule has 3 rings (SSSR count). The van der Waals surface area contributed by atoms with Gasteiger partial charge in [-0.15, -0.1) is 0 Å². The highest BCUT2D eigenvalue weighted by molar-refractivity contribution is 8.28. The number of aromatic amines is 1. The molecule has 0 aliphatic carbocycles. The molecule has 2 aromatic heterocycles. The number of ether oxygens (including phenoxy) is 2. The molecule has 7 N–H and O–H groups in total. The minimum atomic E-state index is -5.64. The average molecular weight is 584 g/mol. The van der Waals surface area contributed by atoms with Gasteiger partial charge in [0.2, 0.25) is 12.1 Å². The summed E-state index contributed by atoms with van der Waals surface area (Å²) in [7, 11) is -17.0. The molecule has 0 bridgehead atoms. The van der Waals surface area contributed by atoms with Gasteiger partial charge in [0.25, 0.3) is 5.65 Å². The molecule has 1 aliphatic rings. The fourth-order valence-corrected chi connectivity index (χ4v) is 6.54.